The maximum Gasteiger partial charge on any atom is 1.00 e. The van der Waals surface area contributed by atoms with Crippen molar-refractivity contribution in [3.8, 4) is 23.0 Å². The van der Waals surface area contributed by atoms with Gasteiger partial charge in [0.1, 0.15) is 30.9 Å². The van der Waals surface area contributed by atoms with Crippen molar-refractivity contribution in [2.24, 2.45) is 0 Å². The van der Waals surface area contributed by atoms with E-state index in [1.54, 1.807) is 0 Å². The van der Waals surface area contributed by atoms with Gasteiger partial charge in [0.05, 0.1) is 24.7 Å². The van der Waals surface area contributed by atoms with Crippen LogP contribution in [0.1, 0.15) is 15.9 Å². The molecule has 2 aromatic rings. The summed E-state index contributed by atoms with van der Waals surface area (Å²) in [4.78, 5) is 10.6. The second-order valence-electron chi connectivity index (χ2n) is 5.26. The van der Waals surface area contributed by atoms with E-state index in [9.17, 15) is 40.9 Å². The molecule has 0 aliphatic heterocycles. The number of carbonyl (C=O) groups excluding carboxylic acids is 1. The number of methoxy groups -OCH3 is 2. The number of ketones is 1. The zero-order chi connectivity index (χ0) is 21.4. The molecule has 2 aromatic carbocycles. The van der Waals surface area contributed by atoms with Gasteiger partial charge in [0.15, 0.2) is 17.3 Å². The van der Waals surface area contributed by atoms with E-state index >= 15 is 0 Å². The molecule has 0 saturated carbocycles. The molecule has 0 bridgehead atoms. The van der Waals surface area contributed by atoms with Crippen molar-refractivity contribution in [2.45, 2.75) is 9.79 Å². The minimum Gasteiger partial charge on any atom is -0.744 e. The fourth-order valence-electron chi connectivity index (χ4n) is 2.34. The van der Waals surface area contributed by atoms with Gasteiger partial charge in [-0.3, -0.25) is 4.79 Å². The number of benzene rings is 2. The first kappa shape index (κ1) is 29.1. The molecule has 0 unspecified atom stereocenters. The molecule has 0 fully saturated rings. The van der Waals surface area contributed by atoms with Gasteiger partial charge in [-0.05, 0) is 24.3 Å². The molecule has 0 aliphatic rings. The van der Waals surface area contributed by atoms with Crippen molar-refractivity contribution in [3.05, 3.63) is 35.4 Å². The number of phenolic OH excluding ortho intramolecular Hbond substituents is 2. The van der Waals surface area contributed by atoms with Gasteiger partial charge in [-0.2, -0.15) is 0 Å². The van der Waals surface area contributed by atoms with Crippen LogP contribution in [0.3, 0.4) is 0 Å². The van der Waals surface area contributed by atoms with Gasteiger partial charge in [0.2, 0.25) is 5.75 Å². The van der Waals surface area contributed by atoms with Crippen LogP contribution in [0.2, 0.25) is 0 Å². The largest absolute Gasteiger partial charge is 1.00 e. The first-order valence-corrected chi connectivity index (χ1v) is 9.92. The van der Waals surface area contributed by atoms with Gasteiger partial charge in [-0.15, -0.1) is 0 Å². The summed E-state index contributed by atoms with van der Waals surface area (Å²) in [5.74, 6) is -4.71. The van der Waals surface area contributed by atoms with Crippen molar-refractivity contribution in [2.75, 3.05) is 14.2 Å². The number of rotatable bonds is 6. The van der Waals surface area contributed by atoms with Crippen molar-refractivity contribution in [1.82, 2.24) is 0 Å². The molecule has 30 heavy (non-hydrogen) atoms. The first-order valence-electron chi connectivity index (χ1n) is 7.10. The maximum atomic E-state index is 12.6. The van der Waals surface area contributed by atoms with E-state index < -0.39 is 64.2 Å². The number of ether oxygens (including phenoxy) is 2. The van der Waals surface area contributed by atoms with Crippen molar-refractivity contribution < 1.29 is 110 Å². The van der Waals surface area contributed by atoms with Crippen molar-refractivity contribution in [3.63, 3.8) is 0 Å². The molecule has 11 nitrogen and oxygen atoms in total. The summed E-state index contributed by atoms with van der Waals surface area (Å²) in [5, 5.41) is 19.9. The quantitative estimate of drug-likeness (QED) is 0.174. The van der Waals surface area contributed by atoms with Crippen LogP contribution in [0.15, 0.2) is 34.1 Å². The number of carbonyl (C=O) groups is 1. The molecule has 0 spiro atoms. The molecule has 0 saturated heterocycles. The minimum atomic E-state index is -5.23. The molecular formula is C15H12Na2O11S2. The standard InChI is InChI=1S/C15H14O11S2.2Na/c1-25-9-4-3-7(5-10(9)27(19,20)21)12(16)8-6-11(28(22,23)24)15(26-2)14(18)13(8)17;;/h3-6,17-18H,1-2H3,(H,19,20,21)(H,22,23,24);;/q;2*+1/p-2. The van der Waals surface area contributed by atoms with E-state index in [0.717, 1.165) is 26.4 Å². The van der Waals surface area contributed by atoms with E-state index in [1.807, 2.05) is 0 Å². The Labute approximate surface area is 216 Å². The molecule has 2 N–H and O–H groups in total. The van der Waals surface area contributed by atoms with E-state index in [-0.39, 0.29) is 64.9 Å². The predicted octanol–water partition coefficient (Wildman–Crippen LogP) is -5.84. The van der Waals surface area contributed by atoms with Gasteiger partial charge in [-0.25, -0.2) is 16.8 Å². The van der Waals surface area contributed by atoms with Gasteiger partial charge in [0, 0.05) is 5.56 Å². The Morgan fingerprint density at radius 1 is 0.867 bits per heavy atom. The van der Waals surface area contributed by atoms with Crippen LogP contribution >= 0.6 is 0 Å². The first-order chi connectivity index (χ1) is 12.8. The molecule has 0 atom stereocenters. The summed E-state index contributed by atoms with van der Waals surface area (Å²) in [6, 6.07) is 3.13. The normalized spacial score (nSPS) is 11.1. The second kappa shape index (κ2) is 10.6. The molecule has 0 aliphatic carbocycles. The average molecular weight is 478 g/mol. The monoisotopic (exact) mass is 478 g/mol. The van der Waals surface area contributed by atoms with Crippen molar-refractivity contribution >= 4 is 26.0 Å². The molecule has 0 amide bonds. The Kier molecular flexibility index (Phi) is 10.3. The molecule has 15 heteroatoms. The minimum absolute atomic E-state index is 0. The third-order valence-corrected chi connectivity index (χ3v) is 5.31. The van der Waals surface area contributed by atoms with E-state index in [2.05, 4.69) is 4.74 Å². The molecular weight excluding hydrogens is 466 g/mol. The molecule has 2 rings (SSSR count). The summed E-state index contributed by atoms with van der Waals surface area (Å²) >= 11 is 0. The van der Waals surface area contributed by atoms with Crippen LogP contribution in [0, 0.1) is 0 Å². The van der Waals surface area contributed by atoms with Gasteiger partial charge in [0.25, 0.3) is 0 Å². The Bertz CT molecular complexity index is 1180. The Balaban J connectivity index is 0.00000420. The van der Waals surface area contributed by atoms with E-state index in [0.29, 0.717) is 12.1 Å². The molecule has 0 heterocycles. The Morgan fingerprint density at radius 2 is 1.40 bits per heavy atom. The number of phenols is 2. The fraction of sp³-hybridized carbons (Fsp3) is 0.133. The summed E-state index contributed by atoms with van der Waals surface area (Å²) in [6.45, 7) is 0. The Morgan fingerprint density at radius 3 is 1.83 bits per heavy atom. The second-order valence-corrected chi connectivity index (χ2v) is 7.95. The van der Waals surface area contributed by atoms with Crippen LogP contribution < -0.4 is 68.6 Å². The van der Waals surface area contributed by atoms with E-state index in [1.165, 1.54) is 0 Å². The predicted molar refractivity (Wildman–Crippen MR) is 88.7 cm³/mol. The van der Waals surface area contributed by atoms with Crippen LogP contribution in [-0.4, -0.2) is 56.2 Å². The summed E-state index contributed by atoms with van der Waals surface area (Å²) in [5.41, 5.74) is -1.31. The molecule has 0 aromatic heterocycles. The number of hydrogen-bond acceptors (Lipinski definition) is 11. The number of hydrogen-bond donors (Lipinski definition) is 2. The van der Waals surface area contributed by atoms with Crippen LogP contribution in [0.4, 0.5) is 0 Å². The SMILES string of the molecule is COc1ccc(C(=O)c2cc(S(=O)(=O)[O-])c(OC)c(O)c2O)cc1S(=O)(=O)[O-].[Na+].[Na+]. The topological polar surface area (TPSA) is 190 Å². The molecule has 152 valence electrons. The van der Waals surface area contributed by atoms with Crippen LogP contribution in [0.5, 0.6) is 23.0 Å². The maximum absolute atomic E-state index is 12.6. The zero-order valence-corrected chi connectivity index (χ0v) is 21.8. The van der Waals surface area contributed by atoms with E-state index in [4.69, 9.17) is 4.74 Å². The van der Waals surface area contributed by atoms with Gasteiger partial charge >= 0.3 is 59.1 Å². The van der Waals surface area contributed by atoms with Crippen LogP contribution in [-0.2, 0) is 20.2 Å². The molecule has 0 radical (unpaired) electrons. The van der Waals surface area contributed by atoms with Crippen LogP contribution in [0.25, 0.3) is 0 Å². The third-order valence-electron chi connectivity index (χ3n) is 3.61. The fourth-order valence-corrected chi connectivity index (χ4v) is 3.68. The average Bonchev–Trinajstić information content (AvgIpc) is 2.60. The zero-order valence-electron chi connectivity index (χ0n) is 16.2. The summed E-state index contributed by atoms with van der Waals surface area (Å²) < 4.78 is 77.5. The number of aromatic hydroxyl groups is 2. The summed E-state index contributed by atoms with van der Waals surface area (Å²) in [6.07, 6.45) is 0. The third kappa shape index (κ3) is 5.88. The Hall–Kier alpha value is -0.870. The van der Waals surface area contributed by atoms with Gasteiger partial charge < -0.3 is 28.8 Å². The summed E-state index contributed by atoms with van der Waals surface area (Å²) in [7, 11) is -8.27. The van der Waals surface area contributed by atoms with Crippen molar-refractivity contribution in [1.29, 1.82) is 0 Å². The smallest absolute Gasteiger partial charge is 0.744 e. The van der Waals surface area contributed by atoms with Gasteiger partial charge in [-0.1, -0.05) is 0 Å².